The Morgan fingerprint density at radius 1 is 1.07 bits per heavy atom. The molecule has 2 atom stereocenters. The Hall–Kier alpha value is -3.43. The lowest BCUT2D eigenvalue weighted by Gasteiger charge is -2.47. The average Bonchev–Trinajstić information content (AvgIpc) is 2.89. The van der Waals surface area contributed by atoms with Crippen LogP contribution in [0.25, 0.3) is 0 Å². The molecule has 3 heterocycles. The number of hydrogen-bond donors (Lipinski definition) is 1. The van der Waals surface area contributed by atoms with Gasteiger partial charge in [0, 0.05) is 13.0 Å². The van der Waals surface area contributed by atoms with Crippen LogP contribution in [0.5, 0.6) is 0 Å². The lowest BCUT2D eigenvalue weighted by Crippen LogP contribution is -2.68. The SMILES string of the molecule is O=C(O)OC1CCCN2C(=O)C[C@H](N3C(=O)c4ccccc4C3=O)C(=O)N12. The monoisotopic (exact) mass is 373 g/mol. The quantitative estimate of drug-likeness (QED) is 0.589. The molecule has 10 nitrogen and oxygen atoms in total. The van der Waals surface area contributed by atoms with E-state index in [2.05, 4.69) is 0 Å². The highest BCUT2D eigenvalue weighted by molar-refractivity contribution is 6.23. The summed E-state index contributed by atoms with van der Waals surface area (Å²) in [4.78, 5) is 62.6. The molecule has 140 valence electrons. The summed E-state index contributed by atoms with van der Waals surface area (Å²) < 4.78 is 4.75. The number of hydrogen-bond acceptors (Lipinski definition) is 6. The van der Waals surface area contributed by atoms with E-state index in [-0.39, 0.29) is 30.5 Å². The number of hydrazine groups is 1. The van der Waals surface area contributed by atoms with Gasteiger partial charge in [0.15, 0.2) is 6.23 Å². The first kappa shape index (κ1) is 17.0. The number of amides is 4. The van der Waals surface area contributed by atoms with Gasteiger partial charge in [-0.15, -0.1) is 0 Å². The van der Waals surface area contributed by atoms with Crippen LogP contribution in [-0.4, -0.2) is 68.6 Å². The van der Waals surface area contributed by atoms with Crippen LogP contribution < -0.4 is 0 Å². The summed E-state index contributed by atoms with van der Waals surface area (Å²) in [5, 5.41) is 11.0. The normalized spacial score (nSPS) is 24.8. The molecule has 27 heavy (non-hydrogen) atoms. The summed E-state index contributed by atoms with van der Waals surface area (Å²) in [6.07, 6.45) is -2.42. The van der Waals surface area contributed by atoms with Gasteiger partial charge in [0.1, 0.15) is 6.04 Å². The fourth-order valence-electron chi connectivity index (χ4n) is 3.74. The van der Waals surface area contributed by atoms with E-state index in [1.165, 1.54) is 12.1 Å². The molecule has 1 aromatic carbocycles. The molecule has 2 saturated heterocycles. The smallest absolute Gasteiger partial charge is 0.450 e. The number of nitrogens with zero attached hydrogens (tertiary/aromatic N) is 3. The number of imide groups is 1. The van der Waals surface area contributed by atoms with Gasteiger partial charge < -0.3 is 9.84 Å². The van der Waals surface area contributed by atoms with Gasteiger partial charge >= 0.3 is 6.16 Å². The number of benzene rings is 1. The van der Waals surface area contributed by atoms with Gasteiger partial charge in [-0.25, -0.2) is 14.8 Å². The maximum absolute atomic E-state index is 13.0. The van der Waals surface area contributed by atoms with Gasteiger partial charge in [-0.05, 0) is 18.6 Å². The molecule has 0 aliphatic carbocycles. The van der Waals surface area contributed by atoms with Crippen molar-refractivity contribution in [3.05, 3.63) is 35.4 Å². The zero-order chi connectivity index (χ0) is 19.3. The highest BCUT2D eigenvalue weighted by Crippen LogP contribution is 2.32. The van der Waals surface area contributed by atoms with Crippen molar-refractivity contribution in [3.8, 4) is 0 Å². The van der Waals surface area contributed by atoms with Crippen LogP contribution in [0.1, 0.15) is 40.0 Å². The van der Waals surface area contributed by atoms with Gasteiger partial charge in [-0.1, -0.05) is 12.1 Å². The fraction of sp³-hybridized carbons (Fsp3) is 0.353. The highest BCUT2D eigenvalue weighted by Gasteiger charge is 2.52. The lowest BCUT2D eigenvalue weighted by atomic mass is 10.0. The van der Waals surface area contributed by atoms with E-state index >= 15 is 0 Å². The lowest BCUT2D eigenvalue weighted by molar-refractivity contribution is -0.208. The first-order valence-electron chi connectivity index (χ1n) is 8.40. The largest absolute Gasteiger partial charge is 0.507 e. The molecule has 0 radical (unpaired) electrons. The molecule has 3 aliphatic heterocycles. The average molecular weight is 373 g/mol. The molecule has 0 aromatic heterocycles. The Morgan fingerprint density at radius 2 is 1.70 bits per heavy atom. The molecule has 10 heteroatoms. The minimum Gasteiger partial charge on any atom is -0.450 e. The summed E-state index contributed by atoms with van der Waals surface area (Å²) in [6, 6.07) is 4.83. The summed E-state index contributed by atoms with van der Waals surface area (Å²) in [5.41, 5.74) is 0.337. The molecule has 0 bridgehead atoms. The Morgan fingerprint density at radius 3 is 2.30 bits per heavy atom. The second-order valence-electron chi connectivity index (χ2n) is 6.43. The van der Waals surface area contributed by atoms with Crippen LogP contribution in [0.2, 0.25) is 0 Å². The van der Waals surface area contributed by atoms with Crippen LogP contribution in [-0.2, 0) is 14.3 Å². The number of ether oxygens (including phenoxy) is 1. The van der Waals surface area contributed by atoms with Crippen molar-refractivity contribution in [2.24, 2.45) is 0 Å². The minimum atomic E-state index is -1.58. The van der Waals surface area contributed by atoms with Crippen LogP contribution in [0.3, 0.4) is 0 Å². The second-order valence-corrected chi connectivity index (χ2v) is 6.43. The third-order valence-electron chi connectivity index (χ3n) is 4.89. The summed E-state index contributed by atoms with van der Waals surface area (Å²) >= 11 is 0. The Kier molecular flexibility index (Phi) is 3.83. The van der Waals surface area contributed by atoms with Crippen molar-refractivity contribution in [2.45, 2.75) is 31.5 Å². The van der Waals surface area contributed by atoms with E-state index in [0.29, 0.717) is 6.42 Å². The topological polar surface area (TPSA) is 125 Å². The van der Waals surface area contributed by atoms with Crippen LogP contribution in [0, 0.1) is 0 Å². The van der Waals surface area contributed by atoms with Crippen molar-refractivity contribution in [1.82, 2.24) is 14.9 Å². The van der Waals surface area contributed by atoms with E-state index in [4.69, 9.17) is 9.84 Å². The first-order valence-corrected chi connectivity index (χ1v) is 8.40. The Balaban J connectivity index is 1.68. The fourth-order valence-corrected chi connectivity index (χ4v) is 3.74. The Labute approximate surface area is 152 Å². The van der Waals surface area contributed by atoms with Crippen molar-refractivity contribution in [3.63, 3.8) is 0 Å². The van der Waals surface area contributed by atoms with Crippen LogP contribution in [0.15, 0.2) is 24.3 Å². The van der Waals surface area contributed by atoms with E-state index in [0.717, 1.165) is 14.9 Å². The minimum absolute atomic E-state index is 0.169. The molecule has 3 aliphatic rings. The molecule has 0 spiro atoms. The summed E-state index contributed by atoms with van der Waals surface area (Å²) in [7, 11) is 0. The van der Waals surface area contributed by atoms with E-state index in [1.807, 2.05) is 0 Å². The van der Waals surface area contributed by atoms with E-state index < -0.39 is 42.1 Å². The van der Waals surface area contributed by atoms with Crippen molar-refractivity contribution >= 4 is 29.8 Å². The number of rotatable bonds is 2. The maximum atomic E-state index is 13.0. The molecule has 4 rings (SSSR count). The molecule has 4 amide bonds. The summed E-state index contributed by atoms with van der Waals surface area (Å²) in [6.45, 7) is 0.235. The van der Waals surface area contributed by atoms with Gasteiger partial charge in [-0.2, -0.15) is 0 Å². The van der Waals surface area contributed by atoms with Crippen molar-refractivity contribution < 1.29 is 33.8 Å². The van der Waals surface area contributed by atoms with E-state index in [1.54, 1.807) is 12.1 Å². The van der Waals surface area contributed by atoms with Gasteiger partial charge in [0.2, 0.25) is 5.91 Å². The number of carbonyl (C=O) groups excluding carboxylic acids is 4. The zero-order valence-electron chi connectivity index (χ0n) is 14.0. The molecular weight excluding hydrogens is 358 g/mol. The molecular formula is C17H15N3O7. The number of carbonyl (C=O) groups is 5. The van der Waals surface area contributed by atoms with Gasteiger partial charge in [0.25, 0.3) is 17.7 Å². The Bertz CT molecular complexity index is 848. The predicted octanol–water partition coefficient (Wildman–Crippen LogP) is 0.442. The van der Waals surface area contributed by atoms with Crippen LogP contribution >= 0.6 is 0 Å². The molecule has 1 aromatic rings. The van der Waals surface area contributed by atoms with E-state index in [9.17, 15) is 24.0 Å². The third kappa shape index (κ3) is 2.52. The molecule has 2 fully saturated rings. The highest BCUT2D eigenvalue weighted by atomic mass is 16.7. The summed E-state index contributed by atoms with van der Waals surface area (Å²) in [5.74, 6) is -2.49. The molecule has 1 N–H and O–H groups in total. The first-order chi connectivity index (χ1) is 12.9. The van der Waals surface area contributed by atoms with Gasteiger partial charge in [0.05, 0.1) is 17.5 Å². The molecule has 1 unspecified atom stereocenters. The second kappa shape index (κ2) is 6.08. The molecule has 0 saturated carbocycles. The van der Waals surface area contributed by atoms with Crippen molar-refractivity contribution in [2.75, 3.05) is 6.54 Å². The zero-order valence-corrected chi connectivity index (χ0v) is 14.0. The van der Waals surface area contributed by atoms with Crippen LogP contribution in [0.4, 0.5) is 4.79 Å². The van der Waals surface area contributed by atoms with Crippen molar-refractivity contribution in [1.29, 1.82) is 0 Å². The maximum Gasteiger partial charge on any atom is 0.507 e. The standard InChI is InChI=1S/C17H15N3O7/c21-12-8-11(19-14(22)9-4-1-2-5-10(9)15(19)23)16(24)20-13(27-17(25)26)6-3-7-18(12)20/h1-2,4-5,11,13H,3,6-8H2,(H,25,26)/t11-,13?/m0/s1. The third-order valence-corrected chi connectivity index (χ3v) is 4.89. The predicted molar refractivity (Wildman–Crippen MR) is 86.0 cm³/mol. The number of carboxylic acid groups (broad SMARTS) is 1. The van der Waals surface area contributed by atoms with Gasteiger partial charge in [-0.3, -0.25) is 24.1 Å². The number of fused-ring (bicyclic) bond motifs is 2.